The molecule has 0 spiro atoms. The Balaban J connectivity index is 2.10. The van der Waals surface area contributed by atoms with Crippen LogP contribution in [0.5, 0.6) is 0 Å². The van der Waals surface area contributed by atoms with Crippen LogP contribution in [-0.2, 0) is 16.1 Å². The molecule has 0 saturated heterocycles. The van der Waals surface area contributed by atoms with Crippen LogP contribution in [0, 0.1) is 0 Å². The second-order valence-corrected chi connectivity index (χ2v) is 4.36. The Morgan fingerprint density at radius 3 is 2.72 bits per heavy atom. The Morgan fingerprint density at radius 1 is 1.33 bits per heavy atom. The van der Waals surface area contributed by atoms with E-state index in [0.717, 1.165) is 19.5 Å². The van der Waals surface area contributed by atoms with E-state index in [0.29, 0.717) is 6.54 Å². The van der Waals surface area contributed by atoms with Crippen molar-refractivity contribution < 1.29 is 9.53 Å². The molecule has 0 aromatic heterocycles. The standard InChI is InChI=1S/C14H22N2O2/c1-16(11-13-7-4-3-5-8-13)10-6-9-15-14(17)12-18-2/h3-5,7-8H,6,9-12H2,1-2H3,(H,15,17). The van der Waals surface area contributed by atoms with Crippen LogP contribution >= 0.6 is 0 Å². The molecule has 0 aliphatic heterocycles. The first-order chi connectivity index (χ1) is 8.72. The summed E-state index contributed by atoms with van der Waals surface area (Å²) in [5.74, 6) is -0.0526. The van der Waals surface area contributed by atoms with Gasteiger partial charge in [0.2, 0.25) is 5.91 Å². The summed E-state index contributed by atoms with van der Waals surface area (Å²) >= 11 is 0. The van der Waals surface area contributed by atoms with Crippen molar-refractivity contribution in [3.63, 3.8) is 0 Å². The van der Waals surface area contributed by atoms with Gasteiger partial charge < -0.3 is 15.0 Å². The average molecular weight is 250 g/mol. The Morgan fingerprint density at radius 2 is 2.06 bits per heavy atom. The van der Waals surface area contributed by atoms with E-state index in [2.05, 4.69) is 29.4 Å². The zero-order valence-electron chi connectivity index (χ0n) is 11.2. The lowest BCUT2D eigenvalue weighted by Crippen LogP contribution is -2.30. The van der Waals surface area contributed by atoms with E-state index < -0.39 is 0 Å². The van der Waals surface area contributed by atoms with Gasteiger partial charge in [-0.05, 0) is 25.6 Å². The number of benzene rings is 1. The minimum Gasteiger partial charge on any atom is -0.375 e. The first kappa shape index (κ1) is 14.7. The fourth-order valence-electron chi connectivity index (χ4n) is 1.73. The summed E-state index contributed by atoms with van der Waals surface area (Å²) in [6.07, 6.45) is 0.943. The maximum absolute atomic E-state index is 11.1. The highest BCUT2D eigenvalue weighted by Crippen LogP contribution is 2.02. The van der Waals surface area contributed by atoms with Crippen LogP contribution < -0.4 is 5.32 Å². The maximum atomic E-state index is 11.1. The number of amides is 1. The lowest BCUT2D eigenvalue weighted by molar-refractivity contribution is -0.124. The Kier molecular flexibility index (Phi) is 7.06. The summed E-state index contributed by atoms with van der Waals surface area (Å²) < 4.78 is 4.74. The van der Waals surface area contributed by atoms with Gasteiger partial charge in [0, 0.05) is 20.2 Å². The van der Waals surface area contributed by atoms with E-state index in [9.17, 15) is 4.79 Å². The first-order valence-corrected chi connectivity index (χ1v) is 6.20. The molecular weight excluding hydrogens is 228 g/mol. The molecule has 0 fully saturated rings. The summed E-state index contributed by atoms with van der Waals surface area (Å²) in [5, 5.41) is 2.81. The van der Waals surface area contributed by atoms with E-state index in [-0.39, 0.29) is 12.5 Å². The first-order valence-electron chi connectivity index (χ1n) is 6.20. The van der Waals surface area contributed by atoms with Crippen LogP contribution in [0.4, 0.5) is 0 Å². The Labute approximate surface area is 109 Å². The van der Waals surface area contributed by atoms with Crippen LogP contribution in [0.1, 0.15) is 12.0 Å². The fraction of sp³-hybridized carbons (Fsp3) is 0.500. The van der Waals surface area contributed by atoms with E-state index in [1.54, 1.807) is 0 Å². The zero-order valence-corrected chi connectivity index (χ0v) is 11.2. The van der Waals surface area contributed by atoms with Crippen LogP contribution in [0.15, 0.2) is 30.3 Å². The minimum atomic E-state index is -0.0526. The monoisotopic (exact) mass is 250 g/mol. The summed E-state index contributed by atoms with van der Waals surface area (Å²) in [6.45, 7) is 2.73. The third kappa shape index (κ3) is 6.37. The van der Waals surface area contributed by atoms with Crippen LogP contribution in [0.25, 0.3) is 0 Å². The average Bonchev–Trinajstić information content (AvgIpc) is 2.36. The molecular formula is C14H22N2O2. The van der Waals surface area contributed by atoms with Gasteiger partial charge in [-0.25, -0.2) is 0 Å². The van der Waals surface area contributed by atoms with Crippen molar-refractivity contribution in [3.8, 4) is 0 Å². The second-order valence-electron chi connectivity index (χ2n) is 4.36. The normalized spacial score (nSPS) is 10.6. The third-order valence-corrected chi connectivity index (χ3v) is 2.61. The number of methoxy groups -OCH3 is 1. The smallest absolute Gasteiger partial charge is 0.245 e. The van der Waals surface area contributed by atoms with Gasteiger partial charge in [0.15, 0.2) is 0 Å². The number of nitrogens with zero attached hydrogens (tertiary/aromatic N) is 1. The predicted molar refractivity (Wildman–Crippen MR) is 72.3 cm³/mol. The molecule has 100 valence electrons. The number of nitrogens with one attached hydrogen (secondary N) is 1. The lowest BCUT2D eigenvalue weighted by Gasteiger charge is -2.16. The van der Waals surface area contributed by atoms with Crippen molar-refractivity contribution in [1.29, 1.82) is 0 Å². The van der Waals surface area contributed by atoms with Crippen molar-refractivity contribution >= 4 is 5.91 Å². The SMILES string of the molecule is COCC(=O)NCCCN(C)Cc1ccccc1. The molecule has 0 unspecified atom stereocenters. The van der Waals surface area contributed by atoms with Crippen LogP contribution in [0.3, 0.4) is 0 Å². The largest absolute Gasteiger partial charge is 0.375 e. The van der Waals surface area contributed by atoms with Gasteiger partial charge in [-0.3, -0.25) is 4.79 Å². The summed E-state index contributed by atoms with van der Waals surface area (Å²) in [6, 6.07) is 10.4. The fourth-order valence-corrected chi connectivity index (χ4v) is 1.73. The molecule has 18 heavy (non-hydrogen) atoms. The zero-order chi connectivity index (χ0) is 13.2. The molecule has 0 atom stereocenters. The topological polar surface area (TPSA) is 41.6 Å². The number of hydrogen-bond acceptors (Lipinski definition) is 3. The molecule has 4 heteroatoms. The maximum Gasteiger partial charge on any atom is 0.245 e. The molecule has 0 bridgehead atoms. The molecule has 0 heterocycles. The van der Waals surface area contributed by atoms with Crippen molar-refractivity contribution in [3.05, 3.63) is 35.9 Å². The molecule has 4 nitrogen and oxygen atoms in total. The molecule has 0 aliphatic rings. The number of rotatable bonds is 8. The highest BCUT2D eigenvalue weighted by Gasteiger charge is 2.01. The van der Waals surface area contributed by atoms with E-state index >= 15 is 0 Å². The van der Waals surface area contributed by atoms with Crippen LogP contribution in [-0.4, -0.2) is 44.7 Å². The van der Waals surface area contributed by atoms with Crippen molar-refractivity contribution in [2.75, 3.05) is 33.9 Å². The summed E-state index contributed by atoms with van der Waals surface area (Å²) in [4.78, 5) is 13.4. The highest BCUT2D eigenvalue weighted by atomic mass is 16.5. The molecule has 1 amide bonds. The van der Waals surface area contributed by atoms with Crippen LogP contribution in [0.2, 0.25) is 0 Å². The Hall–Kier alpha value is -1.39. The summed E-state index contributed by atoms with van der Waals surface area (Å²) in [7, 11) is 3.61. The van der Waals surface area contributed by atoms with E-state index in [1.807, 2.05) is 18.2 Å². The Bertz CT molecular complexity index is 341. The molecule has 1 N–H and O–H groups in total. The van der Waals surface area contributed by atoms with Gasteiger partial charge >= 0.3 is 0 Å². The van der Waals surface area contributed by atoms with Gasteiger partial charge in [0.1, 0.15) is 6.61 Å². The summed E-state index contributed by atoms with van der Waals surface area (Å²) in [5.41, 5.74) is 1.31. The third-order valence-electron chi connectivity index (χ3n) is 2.61. The number of carbonyl (C=O) groups is 1. The minimum absolute atomic E-state index is 0.0526. The molecule has 1 aromatic carbocycles. The number of carbonyl (C=O) groups excluding carboxylic acids is 1. The van der Waals surface area contributed by atoms with Crippen molar-refractivity contribution in [2.45, 2.75) is 13.0 Å². The van der Waals surface area contributed by atoms with Gasteiger partial charge in [0.05, 0.1) is 0 Å². The predicted octanol–water partition coefficient (Wildman–Crippen LogP) is 1.27. The van der Waals surface area contributed by atoms with Gasteiger partial charge in [-0.15, -0.1) is 0 Å². The molecule has 1 aromatic rings. The molecule has 0 radical (unpaired) electrons. The van der Waals surface area contributed by atoms with Gasteiger partial charge in [-0.2, -0.15) is 0 Å². The lowest BCUT2D eigenvalue weighted by atomic mass is 10.2. The second kappa shape index (κ2) is 8.66. The number of ether oxygens (including phenoxy) is 1. The molecule has 0 saturated carbocycles. The molecule has 0 aliphatic carbocycles. The quantitative estimate of drug-likeness (QED) is 0.707. The van der Waals surface area contributed by atoms with Gasteiger partial charge in [0.25, 0.3) is 0 Å². The van der Waals surface area contributed by atoms with E-state index in [4.69, 9.17) is 4.74 Å². The van der Waals surface area contributed by atoms with Crippen molar-refractivity contribution in [1.82, 2.24) is 10.2 Å². The highest BCUT2D eigenvalue weighted by molar-refractivity contribution is 5.77. The van der Waals surface area contributed by atoms with Gasteiger partial charge in [-0.1, -0.05) is 30.3 Å². The number of hydrogen-bond donors (Lipinski definition) is 1. The van der Waals surface area contributed by atoms with E-state index in [1.165, 1.54) is 12.7 Å². The van der Waals surface area contributed by atoms with Crippen molar-refractivity contribution in [2.24, 2.45) is 0 Å². The molecule has 1 rings (SSSR count).